The second-order valence-electron chi connectivity index (χ2n) is 4.07. The highest BCUT2D eigenvalue weighted by atomic mass is 16.4. The van der Waals surface area contributed by atoms with Crippen LogP contribution in [0.4, 0.5) is 0 Å². The Morgan fingerprint density at radius 2 is 1.53 bits per heavy atom. The van der Waals surface area contributed by atoms with E-state index < -0.39 is 23.8 Å². The lowest BCUT2D eigenvalue weighted by molar-refractivity contribution is -0.139. The van der Waals surface area contributed by atoms with E-state index in [0.29, 0.717) is 6.42 Å². The quantitative estimate of drug-likeness (QED) is 0.441. The Bertz CT molecular complexity index is 355. The van der Waals surface area contributed by atoms with Crippen molar-refractivity contribution in [1.29, 1.82) is 0 Å². The Morgan fingerprint density at radius 3 is 2.05 bits per heavy atom. The molecule has 0 rings (SSSR count). The summed E-state index contributed by atoms with van der Waals surface area (Å²) in [5.41, 5.74) is 0. The predicted octanol–water partition coefficient (Wildman–Crippen LogP) is -0.663. The molecule has 0 aliphatic rings. The summed E-state index contributed by atoms with van der Waals surface area (Å²) in [5, 5.41) is 21.6. The van der Waals surface area contributed by atoms with Gasteiger partial charge in [0.05, 0.1) is 13.0 Å². The zero-order valence-electron chi connectivity index (χ0n) is 10.6. The molecule has 8 heteroatoms. The Balaban J connectivity index is 3.76. The molecular formula is C11H18N2O6. The highest BCUT2D eigenvalue weighted by molar-refractivity contribution is 5.86. The third kappa shape index (κ3) is 10.7. The van der Waals surface area contributed by atoms with Gasteiger partial charge < -0.3 is 20.8 Å². The average molecular weight is 274 g/mol. The molecule has 0 aromatic carbocycles. The normalized spacial score (nSPS) is 11.4. The number of carbonyl (C=O) groups is 4. The molecule has 8 nitrogen and oxygen atoms in total. The van der Waals surface area contributed by atoms with Crippen LogP contribution in [-0.4, -0.2) is 46.6 Å². The van der Waals surface area contributed by atoms with Crippen molar-refractivity contribution in [2.75, 3.05) is 6.54 Å². The molecule has 1 atom stereocenters. The molecule has 19 heavy (non-hydrogen) atoms. The maximum atomic E-state index is 11.4. The number of aliphatic carboxylic acids is 2. The van der Waals surface area contributed by atoms with Gasteiger partial charge in [-0.15, -0.1) is 0 Å². The number of nitrogens with one attached hydrogen (secondary N) is 2. The van der Waals surface area contributed by atoms with E-state index in [1.165, 1.54) is 0 Å². The Hall–Kier alpha value is -2.12. The van der Waals surface area contributed by atoms with Crippen LogP contribution in [0.15, 0.2) is 0 Å². The van der Waals surface area contributed by atoms with Crippen molar-refractivity contribution < 1.29 is 29.4 Å². The fourth-order valence-electron chi connectivity index (χ4n) is 1.23. The standard InChI is InChI=1S/C11H18N2O6/c1-7(2-4-10(16)17)13-9(15)6-12-8(14)3-5-11(18)19/h7H,2-6H2,1H3,(H,12,14)(H,13,15)(H,16,17)(H,18,19). The largest absolute Gasteiger partial charge is 0.481 e. The molecule has 0 fully saturated rings. The molecule has 108 valence electrons. The van der Waals surface area contributed by atoms with E-state index in [4.69, 9.17) is 10.2 Å². The van der Waals surface area contributed by atoms with Crippen LogP contribution in [0.1, 0.15) is 32.6 Å². The van der Waals surface area contributed by atoms with E-state index >= 15 is 0 Å². The molecule has 1 unspecified atom stereocenters. The summed E-state index contributed by atoms with van der Waals surface area (Å²) in [4.78, 5) is 43.0. The average Bonchev–Trinajstić information content (AvgIpc) is 2.31. The number of carboxylic acids is 2. The first-order valence-corrected chi connectivity index (χ1v) is 5.81. The van der Waals surface area contributed by atoms with Gasteiger partial charge in [0.1, 0.15) is 0 Å². The summed E-state index contributed by atoms with van der Waals surface area (Å²) in [5.74, 6) is -2.98. The molecule has 0 heterocycles. The van der Waals surface area contributed by atoms with Crippen molar-refractivity contribution in [2.24, 2.45) is 0 Å². The second kappa shape index (κ2) is 8.90. The van der Waals surface area contributed by atoms with Crippen molar-refractivity contribution in [2.45, 2.75) is 38.6 Å². The zero-order chi connectivity index (χ0) is 14.8. The summed E-state index contributed by atoms with van der Waals surface area (Å²) < 4.78 is 0. The molecule has 0 aromatic rings. The van der Waals surface area contributed by atoms with Crippen LogP contribution in [-0.2, 0) is 19.2 Å². The van der Waals surface area contributed by atoms with E-state index in [9.17, 15) is 19.2 Å². The summed E-state index contributed by atoms with van der Waals surface area (Å²) >= 11 is 0. The smallest absolute Gasteiger partial charge is 0.303 e. The summed E-state index contributed by atoms with van der Waals surface area (Å²) in [6.45, 7) is 1.41. The molecular weight excluding hydrogens is 256 g/mol. The van der Waals surface area contributed by atoms with Gasteiger partial charge in [0.2, 0.25) is 11.8 Å². The summed E-state index contributed by atoms with van der Waals surface area (Å²) in [6, 6.07) is -0.306. The molecule has 0 spiro atoms. The second-order valence-corrected chi connectivity index (χ2v) is 4.07. The molecule has 2 amide bonds. The lowest BCUT2D eigenvalue weighted by atomic mass is 10.2. The number of amides is 2. The first-order chi connectivity index (χ1) is 8.81. The van der Waals surface area contributed by atoms with Gasteiger partial charge in [0.15, 0.2) is 0 Å². The van der Waals surface area contributed by atoms with Crippen molar-refractivity contribution in [3.05, 3.63) is 0 Å². The summed E-state index contributed by atoms with van der Waals surface area (Å²) in [6.07, 6.45) is -0.222. The Labute approximate surface area is 110 Å². The monoisotopic (exact) mass is 274 g/mol. The molecule has 0 bridgehead atoms. The molecule has 0 saturated heterocycles. The summed E-state index contributed by atoms with van der Waals surface area (Å²) in [7, 11) is 0. The van der Waals surface area contributed by atoms with Gasteiger partial charge in [-0.25, -0.2) is 0 Å². The van der Waals surface area contributed by atoms with Crippen LogP contribution < -0.4 is 10.6 Å². The number of rotatable bonds is 9. The van der Waals surface area contributed by atoms with E-state index in [0.717, 1.165) is 0 Å². The topological polar surface area (TPSA) is 133 Å². The van der Waals surface area contributed by atoms with Crippen LogP contribution in [0, 0.1) is 0 Å². The van der Waals surface area contributed by atoms with Gasteiger partial charge >= 0.3 is 11.9 Å². The maximum absolute atomic E-state index is 11.4. The van der Waals surface area contributed by atoms with Crippen LogP contribution in [0.25, 0.3) is 0 Å². The van der Waals surface area contributed by atoms with Crippen molar-refractivity contribution in [1.82, 2.24) is 10.6 Å². The lowest BCUT2D eigenvalue weighted by Crippen LogP contribution is -2.41. The fraction of sp³-hybridized carbons (Fsp3) is 0.636. The number of hydrogen-bond donors (Lipinski definition) is 4. The minimum Gasteiger partial charge on any atom is -0.481 e. The maximum Gasteiger partial charge on any atom is 0.303 e. The molecule has 0 radical (unpaired) electrons. The zero-order valence-corrected chi connectivity index (χ0v) is 10.6. The molecule has 4 N–H and O–H groups in total. The number of hydrogen-bond acceptors (Lipinski definition) is 4. The lowest BCUT2D eigenvalue weighted by Gasteiger charge is -2.13. The van der Waals surface area contributed by atoms with Gasteiger partial charge in [0, 0.05) is 18.9 Å². The highest BCUT2D eigenvalue weighted by Gasteiger charge is 2.11. The predicted molar refractivity (Wildman–Crippen MR) is 64.4 cm³/mol. The van der Waals surface area contributed by atoms with Gasteiger partial charge in [-0.2, -0.15) is 0 Å². The van der Waals surface area contributed by atoms with E-state index in [1.54, 1.807) is 6.92 Å². The third-order valence-corrected chi connectivity index (χ3v) is 2.21. The SMILES string of the molecule is CC(CCC(=O)O)NC(=O)CNC(=O)CCC(=O)O. The molecule has 0 saturated carbocycles. The van der Waals surface area contributed by atoms with Gasteiger partial charge in [-0.1, -0.05) is 0 Å². The number of carboxylic acid groups (broad SMARTS) is 2. The van der Waals surface area contributed by atoms with Crippen LogP contribution >= 0.6 is 0 Å². The van der Waals surface area contributed by atoms with Gasteiger partial charge in [0.25, 0.3) is 0 Å². The van der Waals surface area contributed by atoms with E-state index in [2.05, 4.69) is 10.6 Å². The first-order valence-electron chi connectivity index (χ1n) is 5.81. The van der Waals surface area contributed by atoms with Gasteiger partial charge in [-0.05, 0) is 13.3 Å². The van der Waals surface area contributed by atoms with Gasteiger partial charge in [-0.3, -0.25) is 19.2 Å². The number of carbonyl (C=O) groups excluding carboxylic acids is 2. The highest BCUT2D eigenvalue weighted by Crippen LogP contribution is 1.95. The Kier molecular flexibility index (Phi) is 7.90. The first kappa shape index (κ1) is 16.9. The minimum absolute atomic E-state index is 0.0492. The van der Waals surface area contributed by atoms with Crippen LogP contribution in [0.2, 0.25) is 0 Å². The van der Waals surface area contributed by atoms with E-state index in [-0.39, 0.29) is 31.8 Å². The van der Waals surface area contributed by atoms with Crippen molar-refractivity contribution in [3.8, 4) is 0 Å². The van der Waals surface area contributed by atoms with E-state index in [1.807, 2.05) is 0 Å². The van der Waals surface area contributed by atoms with Crippen molar-refractivity contribution in [3.63, 3.8) is 0 Å². The fourth-order valence-corrected chi connectivity index (χ4v) is 1.23. The molecule has 0 aliphatic carbocycles. The Morgan fingerprint density at radius 1 is 0.947 bits per heavy atom. The molecule has 0 aromatic heterocycles. The molecule has 0 aliphatic heterocycles. The van der Waals surface area contributed by atoms with Crippen LogP contribution in [0.3, 0.4) is 0 Å². The minimum atomic E-state index is -1.08. The van der Waals surface area contributed by atoms with Crippen LogP contribution in [0.5, 0.6) is 0 Å². The third-order valence-electron chi connectivity index (χ3n) is 2.21. The van der Waals surface area contributed by atoms with Crippen molar-refractivity contribution >= 4 is 23.8 Å².